The Morgan fingerprint density at radius 3 is 2.15 bits per heavy atom. The van der Waals surface area contributed by atoms with Crippen molar-refractivity contribution in [3.05, 3.63) is 0 Å². The van der Waals surface area contributed by atoms with E-state index < -0.39 is 5.97 Å². The zero-order valence-corrected chi connectivity index (χ0v) is 7.86. The zero-order valence-electron chi connectivity index (χ0n) is 7.86. The van der Waals surface area contributed by atoms with Crippen LogP contribution in [0.25, 0.3) is 0 Å². The van der Waals surface area contributed by atoms with Gasteiger partial charge >= 0.3 is 5.97 Å². The number of nitrogens with two attached hydrogens (primary N) is 1. The van der Waals surface area contributed by atoms with E-state index >= 15 is 0 Å². The Kier molecular flexibility index (Phi) is 5.90. The van der Waals surface area contributed by atoms with E-state index in [1.165, 1.54) is 6.92 Å². The molecule has 4 nitrogen and oxygen atoms in total. The number of carboxylic acids is 1. The maximum Gasteiger partial charge on any atom is 0.306 e. The lowest BCUT2D eigenvalue weighted by molar-refractivity contribution is -0.142. The number of nitrogens with zero attached hydrogens (tertiary/aromatic N) is 1. The van der Waals surface area contributed by atoms with E-state index in [4.69, 9.17) is 16.1 Å². The van der Waals surface area contributed by atoms with Crippen molar-refractivity contribution in [1.29, 1.82) is 5.26 Å². The van der Waals surface area contributed by atoms with Crippen molar-refractivity contribution in [1.82, 2.24) is 0 Å². The molecule has 0 atom stereocenters. The molecule has 0 bridgehead atoms. The van der Waals surface area contributed by atoms with Gasteiger partial charge in [-0.2, -0.15) is 5.26 Å². The van der Waals surface area contributed by atoms with Crippen LogP contribution in [0.3, 0.4) is 0 Å². The van der Waals surface area contributed by atoms with Crippen LogP contribution in [0, 0.1) is 17.2 Å². The van der Waals surface area contributed by atoms with Crippen molar-refractivity contribution in [3.63, 3.8) is 0 Å². The molecule has 74 valence electrons. The fourth-order valence-electron chi connectivity index (χ4n) is 1.37. The largest absolute Gasteiger partial charge is 0.481 e. The predicted octanol–water partition coefficient (Wildman–Crippen LogP) is 1.12. The van der Waals surface area contributed by atoms with E-state index in [2.05, 4.69) is 0 Å². The van der Waals surface area contributed by atoms with Crippen LogP contribution in [0.1, 0.15) is 32.6 Å². The summed E-state index contributed by atoms with van der Waals surface area (Å²) in [5.74, 6) is -0.785. The molecule has 0 amide bonds. The van der Waals surface area contributed by atoms with Gasteiger partial charge < -0.3 is 10.8 Å². The highest BCUT2D eigenvalue weighted by Gasteiger charge is 2.23. The molecule has 13 heavy (non-hydrogen) atoms. The van der Waals surface area contributed by atoms with Gasteiger partial charge in [-0.05, 0) is 25.7 Å². The number of nitriles is 1. The number of carbonyl (C=O) groups is 1. The summed E-state index contributed by atoms with van der Waals surface area (Å²) in [5, 5.41) is 15.9. The number of hydrogen-bond acceptors (Lipinski definition) is 3. The lowest BCUT2D eigenvalue weighted by Gasteiger charge is -2.22. The van der Waals surface area contributed by atoms with Crippen LogP contribution in [-0.2, 0) is 4.79 Å². The van der Waals surface area contributed by atoms with Crippen LogP contribution >= 0.6 is 0 Å². The number of rotatable bonds is 1. The molecule has 3 N–H and O–H groups in total. The van der Waals surface area contributed by atoms with Crippen LogP contribution in [0.4, 0.5) is 0 Å². The van der Waals surface area contributed by atoms with E-state index in [0.29, 0.717) is 0 Å². The van der Waals surface area contributed by atoms with Crippen LogP contribution in [0.5, 0.6) is 0 Å². The molecule has 0 aromatic heterocycles. The third-order valence-electron chi connectivity index (χ3n) is 2.12. The lowest BCUT2D eigenvalue weighted by atomic mass is 9.87. The van der Waals surface area contributed by atoms with E-state index in [0.717, 1.165) is 25.7 Å². The van der Waals surface area contributed by atoms with Crippen molar-refractivity contribution < 1.29 is 9.90 Å². The minimum atomic E-state index is -0.660. The van der Waals surface area contributed by atoms with Crippen LogP contribution in [0.2, 0.25) is 0 Å². The quantitative estimate of drug-likeness (QED) is 0.639. The molecule has 0 heterocycles. The molecule has 1 aliphatic rings. The molecule has 0 aromatic carbocycles. The average molecular weight is 184 g/mol. The molecule has 0 unspecified atom stereocenters. The normalized spacial score (nSPS) is 26.5. The average Bonchev–Trinajstić information content (AvgIpc) is 2.06. The van der Waals surface area contributed by atoms with Gasteiger partial charge in [0.25, 0.3) is 0 Å². The van der Waals surface area contributed by atoms with E-state index in [1.54, 1.807) is 6.07 Å². The van der Waals surface area contributed by atoms with Gasteiger partial charge in [0.1, 0.15) is 0 Å². The zero-order chi connectivity index (χ0) is 10.3. The van der Waals surface area contributed by atoms with Crippen molar-refractivity contribution in [2.24, 2.45) is 11.7 Å². The summed E-state index contributed by atoms with van der Waals surface area (Å²) in [4.78, 5) is 10.4. The molecule has 1 fully saturated rings. The maximum absolute atomic E-state index is 10.4. The van der Waals surface area contributed by atoms with Gasteiger partial charge in [-0.15, -0.1) is 0 Å². The second-order valence-corrected chi connectivity index (χ2v) is 3.17. The molecular weight excluding hydrogens is 168 g/mol. The van der Waals surface area contributed by atoms with Crippen molar-refractivity contribution in [2.45, 2.75) is 38.6 Å². The minimum Gasteiger partial charge on any atom is -0.481 e. The van der Waals surface area contributed by atoms with Gasteiger partial charge in [0.05, 0.1) is 12.0 Å². The first kappa shape index (κ1) is 11.9. The first-order valence-corrected chi connectivity index (χ1v) is 4.41. The van der Waals surface area contributed by atoms with Gasteiger partial charge in [-0.3, -0.25) is 4.79 Å². The standard InChI is InChI=1S/C7H13NO2.C2H3N/c8-6-3-1-5(2-4-6)7(9)10;1-2-3/h5-6H,1-4,8H2,(H,9,10);1H3. The number of carboxylic acid groups (broad SMARTS) is 1. The second kappa shape index (κ2) is 6.44. The Balaban J connectivity index is 0.000000424. The van der Waals surface area contributed by atoms with E-state index in [9.17, 15) is 4.79 Å². The van der Waals surface area contributed by atoms with Gasteiger partial charge in [0, 0.05) is 13.0 Å². The molecule has 0 aromatic rings. The highest BCUT2D eigenvalue weighted by molar-refractivity contribution is 5.70. The van der Waals surface area contributed by atoms with Gasteiger partial charge in [-0.25, -0.2) is 0 Å². The fraction of sp³-hybridized carbons (Fsp3) is 0.778. The molecule has 0 saturated heterocycles. The summed E-state index contributed by atoms with van der Waals surface area (Å²) in [7, 11) is 0. The number of hydrogen-bond donors (Lipinski definition) is 2. The monoisotopic (exact) mass is 184 g/mol. The Morgan fingerprint density at radius 1 is 1.46 bits per heavy atom. The maximum atomic E-state index is 10.4. The summed E-state index contributed by atoms with van der Waals surface area (Å²) in [5.41, 5.74) is 5.60. The smallest absolute Gasteiger partial charge is 0.306 e. The summed E-state index contributed by atoms with van der Waals surface area (Å²) in [6, 6.07) is 2.00. The van der Waals surface area contributed by atoms with E-state index in [-0.39, 0.29) is 12.0 Å². The molecule has 0 spiro atoms. The lowest BCUT2D eigenvalue weighted by Crippen LogP contribution is -2.29. The summed E-state index contributed by atoms with van der Waals surface area (Å²) in [6.07, 6.45) is 3.26. The van der Waals surface area contributed by atoms with Crippen LogP contribution in [0.15, 0.2) is 0 Å². The third kappa shape index (κ3) is 5.21. The van der Waals surface area contributed by atoms with E-state index in [1.807, 2.05) is 0 Å². The van der Waals surface area contributed by atoms with Crippen molar-refractivity contribution in [2.75, 3.05) is 0 Å². The van der Waals surface area contributed by atoms with Crippen molar-refractivity contribution >= 4 is 5.97 Å². The predicted molar refractivity (Wildman–Crippen MR) is 48.9 cm³/mol. The van der Waals surface area contributed by atoms with Gasteiger partial charge in [0.2, 0.25) is 0 Å². The first-order valence-electron chi connectivity index (χ1n) is 4.41. The SMILES string of the molecule is CC#N.NC1CCC(C(=O)O)CC1. The highest BCUT2D eigenvalue weighted by Crippen LogP contribution is 2.22. The van der Waals surface area contributed by atoms with Crippen molar-refractivity contribution in [3.8, 4) is 6.07 Å². The summed E-state index contributed by atoms with van der Waals surface area (Å²) in [6.45, 7) is 1.43. The molecule has 0 aliphatic heterocycles. The Hall–Kier alpha value is -1.08. The van der Waals surface area contributed by atoms with Gasteiger partial charge in [0.15, 0.2) is 0 Å². The Bertz CT molecular complexity index is 190. The summed E-state index contributed by atoms with van der Waals surface area (Å²) >= 11 is 0. The topological polar surface area (TPSA) is 87.1 Å². The summed E-state index contributed by atoms with van der Waals surface area (Å²) < 4.78 is 0. The molecule has 1 aliphatic carbocycles. The Labute approximate surface area is 78.3 Å². The highest BCUT2D eigenvalue weighted by atomic mass is 16.4. The Morgan fingerprint density at radius 2 is 1.85 bits per heavy atom. The third-order valence-corrected chi connectivity index (χ3v) is 2.12. The number of aliphatic carboxylic acids is 1. The van der Waals surface area contributed by atoms with Crippen LogP contribution < -0.4 is 5.73 Å². The fourth-order valence-corrected chi connectivity index (χ4v) is 1.37. The first-order chi connectivity index (χ1) is 6.11. The van der Waals surface area contributed by atoms with Crippen LogP contribution in [-0.4, -0.2) is 17.1 Å². The molecule has 4 heteroatoms. The minimum absolute atomic E-state index is 0.125. The molecular formula is C9H16N2O2. The van der Waals surface area contributed by atoms with Gasteiger partial charge in [-0.1, -0.05) is 0 Å². The molecule has 0 radical (unpaired) electrons. The second-order valence-electron chi connectivity index (χ2n) is 3.17. The molecule has 1 saturated carbocycles. The molecule has 1 rings (SSSR count).